The molecule has 0 aliphatic carbocycles. The highest BCUT2D eigenvalue weighted by molar-refractivity contribution is 5.99. The first-order valence-electron chi connectivity index (χ1n) is 8.60. The monoisotopic (exact) mass is 373 g/mol. The minimum Gasteiger partial charge on any atom is -0.493 e. The minimum absolute atomic E-state index is 0.233. The molecule has 144 valence electrons. The lowest BCUT2D eigenvalue weighted by Gasteiger charge is -2.14. The van der Waals surface area contributed by atoms with E-state index in [-0.39, 0.29) is 19.0 Å². The first-order chi connectivity index (χ1) is 13.0. The van der Waals surface area contributed by atoms with Gasteiger partial charge in [0.15, 0.2) is 0 Å². The van der Waals surface area contributed by atoms with Crippen molar-refractivity contribution < 1.29 is 23.5 Å². The predicted molar refractivity (Wildman–Crippen MR) is 98.1 cm³/mol. The van der Waals surface area contributed by atoms with Gasteiger partial charge in [-0.1, -0.05) is 12.1 Å². The topological polar surface area (TPSA) is 110 Å². The molecule has 1 unspecified atom stereocenters. The number of furan rings is 1. The molecule has 0 saturated heterocycles. The number of ether oxygens (including phenoxy) is 1. The zero-order valence-electron chi connectivity index (χ0n) is 15.3. The smallest absolute Gasteiger partial charge is 0.255 e. The average Bonchev–Trinajstić information content (AvgIpc) is 3.18. The number of hydrogen-bond acceptors (Lipinski definition) is 5. The van der Waals surface area contributed by atoms with Crippen LogP contribution in [0, 0.1) is 0 Å². The lowest BCUT2D eigenvalue weighted by atomic mass is 10.2. The number of nitrogens with one attached hydrogen (secondary N) is 3. The summed E-state index contributed by atoms with van der Waals surface area (Å²) in [4.78, 5) is 36.2. The fraction of sp³-hybridized carbons (Fsp3) is 0.316. The van der Waals surface area contributed by atoms with Gasteiger partial charge in [0, 0.05) is 0 Å². The molecule has 8 nitrogen and oxygen atoms in total. The van der Waals surface area contributed by atoms with Gasteiger partial charge in [0.1, 0.15) is 17.6 Å². The van der Waals surface area contributed by atoms with Crippen LogP contribution < -0.4 is 20.7 Å². The summed E-state index contributed by atoms with van der Waals surface area (Å²) in [6.45, 7) is 3.78. The molecule has 0 radical (unpaired) electrons. The maximum absolute atomic E-state index is 12.2. The summed E-state index contributed by atoms with van der Waals surface area (Å²) in [5.41, 5.74) is 0.344. The summed E-state index contributed by atoms with van der Waals surface area (Å²) in [7, 11) is 0. The number of hydrogen-bond donors (Lipinski definition) is 3. The molecule has 0 fully saturated rings. The molecule has 2 aromatic rings. The Kier molecular flexibility index (Phi) is 7.42. The number of carbonyl (C=O) groups is 3. The van der Waals surface area contributed by atoms with E-state index in [0.717, 1.165) is 0 Å². The van der Waals surface area contributed by atoms with Crippen LogP contribution in [0.15, 0.2) is 47.1 Å². The Labute approximate surface area is 157 Å². The number of para-hydroxylation sites is 1. The molecule has 1 atom stereocenters. The normalized spacial score (nSPS) is 11.3. The molecule has 8 heteroatoms. The van der Waals surface area contributed by atoms with E-state index in [2.05, 4.69) is 16.0 Å². The largest absolute Gasteiger partial charge is 0.493 e. The second kappa shape index (κ2) is 10.0. The summed E-state index contributed by atoms with van der Waals surface area (Å²) < 4.78 is 10.5. The summed E-state index contributed by atoms with van der Waals surface area (Å²) in [5.74, 6) is -0.194. The van der Waals surface area contributed by atoms with Crippen LogP contribution in [0.3, 0.4) is 0 Å². The van der Waals surface area contributed by atoms with Crippen molar-refractivity contribution in [1.29, 1.82) is 0 Å². The first kappa shape index (κ1) is 20.0. The quantitative estimate of drug-likeness (QED) is 0.612. The number of benzene rings is 1. The number of amides is 3. The molecule has 2 rings (SSSR count). The van der Waals surface area contributed by atoms with Gasteiger partial charge in [-0.05, 0) is 38.1 Å². The third-order valence-corrected chi connectivity index (χ3v) is 3.63. The SMILES string of the molecule is CCOc1ccccc1C(=O)NCC(=O)NC(C)C(=O)NCc1ccco1. The third kappa shape index (κ3) is 6.18. The zero-order valence-corrected chi connectivity index (χ0v) is 15.3. The standard InChI is InChI=1S/C19H23N3O5/c1-3-26-16-9-5-4-8-15(16)19(25)21-12-17(23)22-13(2)18(24)20-11-14-7-6-10-27-14/h4-10,13H,3,11-12H2,1-2H3,(H,20,24)(H,21,25)(H,22,23). The van der Waals surface area contributed by atoms with Gasteiger partial charge in [-0.3, -0.25) is 14.4 Å². The van der Waals surface area contributed by atoms with E-state index in [1.807, 2.05) is 6.92 Å². The maximum Gasteiger partial charge on any atom is 0.255 e. The summed E-state index contributed by atoms with van der Waals surface area (Å²) >= 11 is 0. The van der Waals surface area contributed by atoms with Gasteiger partial charge in [-0.15, -0.1) is 0 Å². The molecule has 1 aromatic carbocycles. The summed E-state index contributed by atoms with van der Waals surface area (Å²) in [6.07, 6.45) is 1.51. The van der Waals surface area contributed by atoms with E-state index >= 15 is 0 Å². The van der Waals surface area contributed by atoms with E-state index in [9.17, 15) is 14.4 Å². The van der Waals surface area contributed by atoms with Gasteiger partial charge in [-0.2, -0.15) is 0 Å². The molecule has 0 bridgehead atoms. The molecule has 0 aliphatic heterocycles. The third-order valence-electron chi connectivity index (χ3n) is 3.63. The molecular formula is C19H23N3O5. The van der Waals surface area contributed by atoms with E-state index in [0.29, 0.717) is 23.7 Å². The van der Waals surface area contributed by atoms with E-state index < -0.39 is 17.9 Å². The average molecular weight is 373 g/mol. The Hall–Kier alpha value is -3.29. The highest BCUT2D eigenvalue weighted by Gasteiger charge is 2.17. The van der Waals surface area contributed by atoms with Crippen molar-refractivity contribution in [1.82, 2.24) is 16.0 Å². The Balaban J connectivity index is 1.78. The van der Waals surface area contributed by atoms with Crippen molar-refractivity contribution in [3.63, 3.8) is 0 Å². The highest BCUT2D eigenvalue weighted by Crippen LogP contribution is 2.17. The molecule has 0 saturated carbocycles. The van der Waals surface area contributed by atoms with Gasteiger partial charge in [-0.25, -0.2) is 0 Å². The van der Waals surface area contributed by atoms with Crippen LogP contribution in [-0.2, 0) is 16.1 Å². The van der Waals surface area contributed by atoms with Crippen molar-refractivity contribution in [3.8, 4) is 5.75 Å². The predicted octanol–water partition coefficient (Wildman–Crippen LogP) is 1.23. The van der Waals surface area contributed by atoms with Crippen molar-refractivity contribution in [2.75, 3.05) is 13.2 Å². The van der Waals surface area contributed by atoms with Crippen LogP contribution in [0.5, 0.6) is 5.75 Å². The highest BCUT2D eigenvalue weighted by atomic mass is 16.5. The van der Waals surface area contributed by atoms with Gasteiger partial charge in [0.05, 0.1) is 31.5 Å². The fourth-order valence-corrected chi connectivity index (χ4v) is 2.29. The van der Waals surface area contributed by atoms with E-state index in [4.69, 9.17) is 9.15 Å². The second-order valence-electron chi connectivity index (χ2n) is 5.70. The van der Waals surface area contributed by atoms with E-state index in [1.165, 1.54) is 6.26 Å². The zero-order chi connectivity index (χ0) is 19.6. The van der Waals surface area contributed by atoms with Gasteiger partial charge in [0.25, 0.3) is 5.91 Å². The van der Waals surface area contributed by atoms with Gasteiger partial charge < -0.3 is 25.1 Å². The van der Waals surface area contributed by atoms with Crippen LogP contribution in [0.1, 0.15) is 30.0 Å². The Morgan fingerprint density at radius 3 is 2.59 bits per heavy atom. The summed E-state index contributed by atoms with van der Waals surface area (Å²) in [5, 5.41) is 7.70. The molecule has 1 aromatic heterocycles. The second-order valence-corrected chi connectivity index (χ2v) is 5.70. The lowest BCUT2D eigenvalue weighted by Crippen LogP contribution is -2.47. The van der Waals surface area contributed by atoms with E-state index in [1.54, 1.807) is 43.3 Å². The first-order valence-corrected chi connectivity index (χ1v) is 8.60. The maximum atomic E-state index is 12.2. The van der Waals surface area contributed by atoms with Crippen molar-refractivity contribution >= 4 is 17.7 Å². The summed E-state index contributed by atoms with van der Waals surface area (Å²) in [6, 6.07) is 9.48. The molecule has 0 aliphatic rings. The molecule has 1 heterocycles. The van der Waals surface area contributed by atoms with Crippen LogP contribution in [-0.4, -0.2) is 36.9 Å². The van der Waals surface area contributed by atoms with Gasteiger partial charge in [0.2, 0.25) is 11.8 Å². The Bertz CT molecular complexity index is 773. The lowest BCUT2D eigenvalue weighted by molar-refractivity contribution is -0.128. The molecule has 3 amide bonds. The number of rotatable bonds is 9. The molecule has 0 spiro atoms. The molecular weight excluding hydrogens is 350 g/mol. The number of carbonyl (C=O) groups excluding carboxylic acids is 3. The molecule has 27 heavy (non-hydrogen) atoms. The van der Waals surface area contributed by atoms with Crippen molar-refractivity contribution in [3.05, 3.63) is 54.0 Å². The van der Waals surface area contributed by atoms with Crippen molar-refractivity contribution in [2.45, 2.75) is 26.4 Å². The van der Waals surface area contributed by atoms with Crippen molar-refractivity contribution in [2.24, 2.45) is 0 Å². The van der Waals surface area contributed by atoms with Crippen LogP contribution in [0.4, 0.5) is 0 Å². The van der Waals surface area contributed by atoms with Crippen LogP contribution >= 0.6 is 0 Å². The Morgan fingerprint density at radius 1 is 1.11 bits per heavy atom. The molecule has 3 N–H and O–H groups in total. The fourth-order valence-electron chi connectivity index (χ4n) is 2.29. The van der Waals surface area contributed by atoms with Gasteiger partial charge >= 0.3 is 0 Å². The van der Waals surface area contributed by atoms with Crippen LogP contribution in [0.25, 0.3) is 0 Å². The minimum atomic E-state index is -0.750. The van der Waals surface area contributed by atoms with Crippen LogP contribution in [0.2, 0.25) is 0 Å². The Morgan fingerprint density at radius 2 is 1.89 bits per heavy atom.